The van der Waals surface area contributed by atoms with Crippen molar-refractivity contribution in [2.24, 2.45) is 0 Å². The van der Waals surface area contributed by atoms with Crippen LogP contribution in [0.5, 0.6) is 11.5 Å². The quantitative estimate of drug-likeness (QED) is 0.215. The standard InChI is InChI=1S/C22H21ClN2O5/c1-28-11-5-10-25-21(26)16(14-24)12-15-8-9-19(20(13-15)29-2)30-22(27)17-6-3-4-7-18(17)23/h3-4,6-9,12-13H,5,10-11H2,1-2H3,(H,25,26)/b16-12+. The van der Waals surface area contributed by atoms with Crippen LogP contribution in [0.1, 0.15) is 22.3 Å². The van der Waals surface area contributed by atoms with Crippen LogP contribution in [0, 0.1) is 11.3 Å². The zero-order valence-corrected chi connectivity index (χ0v) is 17.4. The molecule has 0 bridgehead atoms. The number of rotatable bonds is 9. The molecule has 8 heteroatoms. The van der Waals surface area contributed by atoms with Crippen molar-refractivity contribution in [1.82, 2.24) is 5.32 Å². The second kappa shape index (κ2) is 11.6. The Morgan fingerprint density at radius 3 is 2.60 bits per heavy atom. The van der Waals surface area contributed by atoms with Crippen LogP contribution in [-0.2, 0) is 9.53 Å². The van der Waals surface area contributed by atoms with Gasteiger partial charge in [-0.2, -0.15) is 5.26 Å². The average Bonchev–Trinajstić information content (AvgIpc) is 2.75. The van der Waals surface area contributed by atoms with Gasteiger partial charge in [0.2, 0.25) is 0 Å². The van der Waals surface area contributed by atoms with Gasteiger partial charge in [0.25, 0.3) is 5.91 Å². The van der Waals surface area contributed by atoms with Crippen LogP contribution in [-0.4, -0.2) is 39.2 Å². The normalized spacial score (nSPS) is 10.8. The smallest absolute Gasteiger partial charge is 0.345 e. The van der Waals surface area contributed by atoms with E-state index in [1.165, 1.54) is 19.3 Å². The summed E-state index contributed by atoms with van der Waals surface area (Å²) in [5.74, 6) is -0.666. The van der Waals surface area contributed by atoms with Gasteiger partial charge in [-0.1, -0.05) is 29.8 Å². The van der Waals surface area contributed by atoms with E-state index in [1.807, 2.05) is 6.07 Å². The Hall–Kier alpha value is -3.34. The molecular formula is C22H21ClN2O5. The molecule has 2 rings (SSSR count). The van der Waals surface area contributed by atoms with Gasteiger partial charge < -0.3 is 19.5 Å². The number of nitriles is 1. The Kier molecular flexibility index (Phi) is 8.88. The molecule has 0 atom stereocenters. The number of nitrogens with zero attached hydrogens (tertiary/aromatic N) is 1. The number of nitrogens with one attached hydrogen (secondary N) is 1. The predicted octanol–water partition coefficient (Wildman–Crippen LogP) is 3.63. The number of carbonyl (C=O) groups excluding carboxylic acids is 2. The molecule has 0 spiro atoms. The summed E-state index contributed by atoms with van der Waals surface area (Å²) in [7, 11) is 2.99. The number of methoxy groups -OCH3 is 2. The molecule has 0 aromatic heterocycles. The molecule has 2 aromatic carbocycles. The van der Waals surface area contributed by atoms with Crippen molar-refractivity contribution in [1.29, 1.82) is 5.26 Å². The van der Waals surface area contributed by atoms with Gasteiger partial charge in [0.05, 0.1) is 17.7 Å². The second-order valence-electron chi connectivity index (χ2n) is 6.05. The summed E-state index contributed by atoms with van der Waals surface area (Å²) in [5, 5.41) is 12.2. The molecule has 0 unspecified atom stereocenters. The number of amides is 1. The second-order valence-corrected chi connectivity index (χ2v) is 6.46. The average molecular weight is 429 g/mol. The highest BCUT2D eigenvalue weighted by molar-refractivity contribution is 6.33. The SMILES string of the molecule is COCCCNC(=O)/C(C#N)=C/c1ccc(OC(=O)c2ccccc2Cl)c(OC)c1. The minimum Gasteiger partial charge on any atom is -0.493 e. The third-order valence-corrected chi connectivity index (χ3v) is 4.30. The minimum atomic E-state index is -0.629. The zero-order chi connectivity index (χ0) is 21.9. The largest absolute Gasteiger partial charge is 0.493 e. The lowest BCUT2D eigenvalue weighted by Crippen LogP contribution is -2.26. The number of ether oxygens (including phenoxy) is 3. The molecule has 7 nitrogen and oxygen atoms in total. The Balaban J connectivity index is 2.17. The molecule has 0 heterocycles. The van der Waals surface area contributed by atoms with Gasteiger partial charge in [-0.25, -0.2) is 4.79 Å². The first-order valence-electron chi connectivity index (χ1n) is 9.03. The van der Waals surface area contributed by atoms with Crippen molar-refractivity contribution < 1.29 is 23.8 Å². The lowest BCUT2D eigenvalue weighted by Gasteiger charge is -2.11. The van der Waals surface area contributed by atoms with Crippen molar-refractivity contribution in [2.75, 3.05) is 27.4 Å². The molecular weight excluding hydrogens is 408 g/mol. The molecule has 1 N–H and O–H groups in total. The Morgan fingerprint density at radius 2 is 1.93 bits per heavy atom. The summed E-state index contributed by atoms with van der Waals surface area (Å²) >= 11 is 6.03. The molecule has 0 aliphatic carbocycles. The van der Waals surface area contributed by atoms with Gasteiger partial charge in [0, 0.05) is 20.3 Å². The number of hydrogen-bond donors (Lipinski definition) is 1. The lowest BCUT2D eigenvalue weighted by atomic mass is 10.1. The Bertz CT molecular complexity index is 982. The fourth-order valence-corrected chi connectivity index (χ4v) is 2.68. The van der Waals surface area contributed by atoms with Crippen molar-refractivity contribution >= 4 is 29.6 Å². The van der Waals surface area contributed by atoms with E-state index in [9.17, 15) is 14.9 Å². The van der Waals surface area contributed by atoms with E-state index in [2.05, 4.69) is 5.32 Å². The monoisotopic (exact) mass is 428 g/mol. The van der Waals surface area contributed by atoms with Crippen LogP contribution in [0.25, 0.3) is 6.08 Å². The lowest BCUT2D eigenvalue weighted by molar-refractivity contribution is -0.117. The first kappa shape index (κ1) is 22.9. The van der Waals surface area contributed by atoms with Gasteiger partial charge in [-0.3, -0.25) is 4.79 Å². The van der Waals surface area contributed by atoms with Crippen LogP contribution in [0.2, 0.25) is 5.02 Å². The molecule has 0 fully saturated rings. The topological polar surface area (TPSA) is 97.6 Å². The van der Waals surface area contributed by atoms with Gasteiger partial charge >= 0.3 is 5.97 Å². The fraction of sp³-hybridized carbons (Fsp3) is 0.227. The van der Waals surface area contributed by atoms with Crippen LogP contribution >= 0.6 is 11.6 Å². The maximum absolute atomic E-state index is 12.4. The molecule has 156 valence electrons. The highest BCUT2D eigenvalue weighted by Crippen LogP contribution is 2.30. The van der Waals surface area contributed by atoms with E-state index >= 15 is 0 Å². The molecule has 0 radical (unpaired) electrons. The minimum absolute atomic E-state index is 0.0599. The van der Waals surface area contributed by atoms with E-state index in [4.69, 9.17) is 25.8 Å². The molecule has 0 saturated heterocycles. The third kappa shape index (κ3) is 6.34. The highest BCUT2D eigenvalue weighted by Gasteiger charge is 2.16. The maximum atomic E-state index is 12.4. The number of carbonyl (C=O) groups is 2. The van der Waals surface area contributed by atoms with E-state index in [0.717, 1.165) is 0 Å². The first-order chi connectivity index (χ1) is 14.5. The van der Waals surface area contributed by atoms with Gasteiger partial charge in [0.1, 0.15) is 11.6 Å². The summed E-state index contributed by atoms with van der Waals surface area (Å²) in [4.78, 5) is 24.5. The summed E-state index contributed by atoms with van der Waals surface area (Å²) in [6, 6.07) is 13.1. The van der Waals surface area contributed by atoms with Crippen LogP contribution < -0.4 is 14.8 Å². The van der Waals surface area contributed by atoms with Crippen molar-refractivity contribution in [3.8, 4) is 17.6 Å². The summed E-state index contributed by atoms with van der Waals surface area (Å²) < 4.78 is 15.6. The van der Waals surface area contributed by atoms with Gasteiger partial charge in [-0.15, -0.1) is 0 Å². The fourth-order valence-electron chi connectivity index (χ4n) is 2.47. The number of benzene rings is 2. The molecule has 0 aliphatic heterocycles. The number of hydrogen-bond acceptors (Lipinski definition) is 6. The van der Waals surface area contributed by atoms with Crippen molar-refractivity contribution in [3.63, 3.8) is 0 Å². The van der Waals surface area contributed by atoms with E-state index in [1.54, 1.807) is 43.5 Å². The number of halogens is 1. The summed E-state index contributed by atoms with van der Waals surface area (Å²) in [5.41, 5.74) is 0.699. The van der Waals surface area contributed by atoms with Crippen LogP contribution in [0.3, 0.4) is 0 Å². The van der Waals surface area contributed by atoms with Crippen LogP contribution in [0.4, 0.5) is 0 Å². The van der Waals surface area contributed by atoms with E-state index < -0.39 is 11.9 Å². The summed E-state index contributed by atoms with van der Waals surface area (Å²) in [6.07, 6.45) is 2.06. The Morgan fingerprint density at radius 1 is 1.17 bits per heavy atom. The molecule has 1 amide bonds. The highest BCUT2D eigenvalue weighted by atomic mass is 35.5. The summed E-state index contributed by atoms with van der Waals surface area (Å²) in [6.45, 7) is 0.906. The van der Waals surface area contributed by atoms with Crippen LogP contribution in [0.15, 0.2) is 48.0 Å². The number of esters is 1. The third-order valence-electron chi connectivity index (χ3n) is 3.97. The molecule has 0 saturated carbocycles. The molecule has 30 heavy (non-hydrogen) atoms. The first-order valence-corrected chi connectivity index (χ1v) is 9.41. The van der Waals surface area contributed by atoms with E-state index in [-0.39, 0.29) is 27.7 Å². The molecule has 0 aliphatic rings. The van der Waals surface area contributed by atoms with Crippen molar-refractivity contribution in [2.45, 2.75) is 6.42 Å². The maximum Gasteiger partial charge on any atom is 0.345 e. The van der Waals surface area contributed by atoms with Crippen molar-refractivity contribution in [3.05, 3.63) is 64.2 Å². The van der Waals surface area contributed by atoms with E-state index in [0.29, 0.717) is 25.1 Å². The van der Waals surface area contributed by atoms with Gasteiger partial charge in [-0.05, 0) is 42.3 Å². The zero-order valence-electron chi connectivity index (χ0n) is 16.6. The van der Waals surface area contributed by atoms with Gasteiger partial charge in [0.15, 0.2) is 11.5 Å². The predicted molar refractivity (Wildman–Crippen MR) is 112 cm³/mol. The Labute approximate surface area is 179 Å². The molecule has 2 aromatic rings.